The number of ether oxygens (including phenoxy) is 2. The van der Waals surface area contributed by atoms with Gasteiger partial charge in [0.15, 0.2) is 0 Å². The Morgan fingerprint density at radius 3 is 2.38 bits per heavy atom. The monoisotopic (exact) mass is 420 g/mol. The Hall–Kier alpha value is -2.64. The lowest BCUT2D eigenvalue weighted by Gasteiger charge is -2.38. The molecule has 0 spiro atoms. The Balaban J connectivity index is 1.76. The third-order valence-electron chi connectivity index (χ3n) is 4.98. The van der Waals surface area contributed by atoms with Crippen LogP contribution in [-0.2, 0) is 9.53 Å². The summed E-state index contributed by atoms with van der Waals surface area (Å²) in [5.41, 5.74) is 0.837. The standard InChI is InChI=1S/C21H22ClFN2O4/c1-28-18-8-7-14(23)13-16(18)20(26)25-11-9-24(10-12-25)19(21(27)29-2)15-5-3-4-6-17(15)22/h3-8,13,19H,9-12H2,1-2H3. The molecular weight excluding hydrogens is 399 g/mol. The van der Waals surface area contributed by atoms with Gasteiger partial charge in [-0.05, 0) is 29.8 Å². The van der Waals surface area contributed by atoms with Crippen LogP contribution in [0.25, 0.3) is 0 Å². The third-order valence-corrected chi connectivity index (χ3v) is 5.33. The quantitative estimate of drug-likeness (QED) is 0.695. The maximum Gasteiger partial charge on any atom is 0.327 e. The Labute approximate surface area is 173 Å². The number of halogens is 2. The van der Waals surface area contributed by atoms with Gasteiger partial charge in [0, 0.05) is 31.2 Å². The number of hydrogen-bond donors (Lipinski definition) is 0. The van der Waals surface area contributed by atoms with Crippen molar-refractivity contribution in [2.24, 2.45) is 0 Å². The van der Waals surface area contributed by atoms with Gasteiger partial charge < -0.3 is 14.4 Å². The minimum absolute atomic E-state index is 0.177. The summed E-state index contributed by atoms with van der Waals surface area (Å²) in [4.78, 5) is 28.9. The van der Waals surface area contributed by atoms with Crippen molar-refractivity contribution in [3.05, 3.63) is 64.4 Å². The highest BCUT2D eigenvalue weighted by atomic mass is 35.5. The topological polar surface area (TPSA) is 59.1 Å². The van der Waals surface area contributed by atoms with E-state index in [1.807, 2.05) is 11.0 Å². The van der Waals surface area contributed by atoms with Gasteiger partial charge in [-0.25, -0.2) is 9.18 Å². The predicted molar refractivity (Wildman–Crippen MR) is 107 cm³/mol. The first-order valence-corrected chi connectivity index (χ1v) is 9.53. The van der Waals surface area contributed by atoms with E-state index >= 15 is 0 Å². The van der Waals surface area contributed by atoms with Crippen LogP contribution in [0.15, 0.2) is 42.5 Å². The molecule has 1 aliphatic rings. The summed E-state index contributed by atoms with van der Waals surface area (Å²) in [7, 11) is 2.77. The van der Waals surface area contributed by atoms with Crippen LogP contribution in [0.5, 0.6) is 5.75 Å². The summed E-state index contributed by atoms with van der Waals surface area (Å²) in [6, 6.07) is 10.3. The highest BCUT2D eigenvalue weighted by molar-refractivity contribution is 6.31. The fourth-order valence-electron chi connectivity index (χ4n) is 3.48. The van der Waals surface area contributed by atoms with Crippen LogP contribution < -0.4 is 4.74 Å². The fraction of sp³-hybridized carbons (Fsp3) is 0.333. The molecule has 2 aromatic carbocycles. The molecule has 29 heavy (non-hydrogen) atoms. The van der Waals surface area contributed by atoms with Gasteiger partial charge in [0.25, 0.3) is 5.91 Å². The lowest BCUT2D eigenvalue weighted by Crippen LogP contribution is -2.51. The highest BCUT2D eigenvalue weighted by Gasteiger charge is 2.34. The number of esters is 1. The number of benzene rings is 2. The maximum atomic E-state index is 13.6. The molecule has 6 nitrogen and oxygen atoms in total. The number of hydrogen-bond acceptors (Lipinski definition) is 5. The number of nitrogens with zero attached hydrogens (tertiary/aromatic N) is 2. The average Bonchev–Trinajstić information content (AvgIpc) is 2.75. The summed E-state index contributed by atoms with van der Waals surface area (Å²) in [6.07, 6.45) is 0. The molecule has 1 amide bonds. The maximum absolute atomic E-state index is 13.6. The lowest BCUT2D eigenvalue weighted by atomic mass is 10.0. The predicted octanol–water partition coefficient (Wildman–Crippen LogP) is 3.16. The van der Waals surface area contributed by atoms with Crippen LogP contribution in [0, 0.1) is 5.82 Å². The van der Waals surface area contributed by atoms with Crippen molar-refractivity contribution in [2.75, 3.05) is 40.4 Å². The smallest absolute Gasteiger partial charge is 0.327 e. The molecule has 0 radical (unpaired) electrons. The van der Waals surface area contributed by atoms with E-state index in [4.69, 9.17) is 21.1 Å². The van der Waals surface area contributed by atoms with Crippen molar-refractivity contribution in [1.29, 1.82) is 0 Å². The van der Waals surface area contributed by atoms with E-state index in [9.17, 15) is 14.0 Å². The minimum atomic E-state index is -0.658. The number of carbonyl (C=O) groups excluding carboxylic acids is 2. The second-order valence-corrected chi connectivity index (χ2v) is 7.03. The molecule has 0 saturated carbocycles. The first kappa shape index (κ1) is 21.1. The van der Waals surface area contributed by atoms with E-state index in [2.05, 4.69) is 0 Å². The van der Waals surface area contributed by atoms with Crippen molar-refractivity contribution >= 4 is 23.5 Å². The Morgan fingerprint density at radius 1 is 1.07 bits per heavy atom. The average molecular weight is 421 g/mol. The number of methoxy groups -OCH3 is 2. The van der Waals surface area contributed by atoms with E-state index in [-0.39, 0.29) is 11.5 Å². The van der Waals surface area contributed by atoms with Crippen molar-refractivity contribution in [3.63, 3.8) is 0 Å². The molecule has 1 unspecified atom stereocenters. The van der Waals surface area contributed by atoms with E-state index < -0.39 is 17.8 Å². The van der Waals surface area contributed by atoms with Crippen LogP contribution in [0.4, 0.5) is 4.39 Å². The SMILES string of the molecule is COC(=O)C(c1ccccc1Cl)N1CCN(C(=O)c2cc(F)ccc2OC)CC1. The van der Waals surface area contributed by atoms with Gasteiger partial charge in [-0.2, -0.15) is 0 Å². The normalized spacial score (nSPS) is 15.7. The van der Waals surface area contributed by atoms with Crippen LogP contribution in [-0.4, -0.2) is 62.1 Å². The molecule has 8 heteroatoms. The molecule has 1 heterocycles. The fourth-order valence-corrected chi connectivity index (χ4v) is 3.72. The second kappa shape index (κ2) is 9.24. The van der Waals surface area contributed by atoms with Crippen LogP contribution in [0.1, 0.15) is 22.0 Å². The van der Waals surface area contributed by atoms with Gasteiger partial charge in [0.05, 0.1) is 19.8 Å². The van der Waals surface area contributed by atoms with E-state index in [0.717, 1.165) is 0 Å². The largest absolute Gasteiger partial charge is 0.496 e. The van der Waals surface area contributed by atoms with Crippen molar-refractivity contribution < 1.29 is 23.5 Å². The first-order chi connectivity index (χ1) is 14.0. The van der Waals surface area contributed by atoms with Gasteiger partial charge in [-0.15, -0.1) is 0 Å². The van der Waals surface area contributed by atoms with Crippen LogP contribution in [0.2, 0.25) is 5.02 Å². The lowest BCUT2D eigenvalue weighted by molar-refractivity contribution is -0.148. The molecule has 0 aliphatic carbocycles. The summed E-state index contributed by atoms with van der Waals surface area (Å²) in [5, 5.41) is 0.478. The molecule has 0 bridgehead atoms. The molecule has 0 N–H and O–H groups in total. The van der Waals surface area contributed by atoms with E-state index in [1.54, 1.807) is 23.1 Å². The Kier molecular flexibility index (Phi) is 6.71. The molecule has 0 aromatic heterocycles. The van der Waals surface area contributed by atoms with Crippen molar-refractivity contribution in [3.8, 4) is 5.75 Å². The number of rotatable bonds is 5. The number of piperazine rings is 1. The van der Waals surface area contributed by atoms with Crippen LogP contribution >= 0.6 is 11.6 Å². The van der Waals surface area contributed by atoms with E-state index in [1.165, 1.54) is 32.4 Å². The number of carbonyl (C=O) groups is 2. The molecule has 154 valence electrons. The van der Waals surface area contributed by atoms with E-state index in [0.29, 0.717) is 42.5 Å². The number of amides is 1. The summed E-state index contributed by atoms with van der Waals surface area (Å²) >= 11 is 6.30. The molecule has 1 atom stereocenters. The summed E-state index contributed by atoms with van der Waals surface area (Å²) in [5.74, 6) is -0.905. The zero-order valence-corrected chi connectivity index (χ0v) is 17.0. The second-order valence-electron chi connectivity index (χ2n) is 6.62. The van der Waals surface area contributed by atoms with Gasteiger partial charge >= 0.3 is 5.97 Å². The van der Waals surface area contributed by atoms with Gasteiger partial charge in [0.2, 0.25) is 0 Å². The Bertz CT molecular complexity index is 900. The summed E-state index contributed by atoms with van der Waals surface area (Å²) < 4.78 is 23.8. The zero-order chi connectivity index (χ0) is 21.0. The molecule has 3 rings (SSSR count). The third kappa shape index (κ3) is 4.52. The summed E-state index contributed by atoms with van der Waals surface area (Å²) in [6.45, 7) is 1.62. The minimum Gasteiger partial charge on any atom is -0.496 e. The molecule has 1 saturated heterocycles. The zero-order valence-electron chi connectivity index (χ0n) is 16.2. The van der Waals surface area contributed by atoms with Gasteiger partial charge in [0.1, 0.15) is 17.6 Å². The molecular formula is C21H22ClFN2O4. The van der Waals surface area contributed by atoms with Crippen molar-refractivity contribution in [2.45, 2.75) is 6.04 Å². The highest BCUT2D eigenvalue weighted by Crippen LogP contribution is 2.30. The Morgan fingerprint density at radius 2 is 1.76 bits per heavy atom. The van der Waals surface area contributed by atoms with Gasteiger partial charge in [-0.3, -0.25) is 9.69 Å². The van der Waals surface area contributed by atoms with Gasteiger partial charge in [-0.1, -0.05) is 29.8 Å². The van der Waals surface area contributed by atoms with Crippen molar-refractivity contribution in [1.82, 2.24) is 9.80 Å². The first-order valence-electron chi connectivity index (χ1n) is 9.15. The van der Waals surface area contributed by atoms with Crippen LogP contribution in [0.3, 0.4) is 0 Å². The molecule has 1 fully saturated rings. The molecule has 1 aliphatic heterocycles. The molecule has 2 aromatic rings.